The van der Waals surface area contributed by atoms with Gasteiger partial charge in [-0.05, 0) is 43.3 Å². The number of anilines is 1. The number of aromatic nitrogens is 2. The van der Waals surface area contributed by atoms with Gasteiger partial charge in [-0.25, -0.2) is 0 Å². The van der Waals surface area contributed by atoms with Crippen molar-refractivity contribution in [3.8, 4) is 5.75 Å². The summed E-state index contributed by atoms with van der Waals surface area (Å²) in [5, 5.41) is 15.1. The summed E-state index contributed by atoms with van der Waals surface area (Å²) in [6.07, 6.45) is 1.66. The number of carbonyl (C=O) groups excluding carboxylic acids is 1. The fourth-order valence-corrected chi connectivity index (χ4v) is 3.06. The van der Waals surface area contributed by atoms with Gasteiger partial charge < -0.3 is 10.1 Å². The Morgan fingerprint density at radius 2 is 2.17 bits per heavy atom. The summed E-state index contributed by atoms with van der Waals surface area (Å²) in [6.45, 7) is 4.54. The first kappa shape index (κ1) is 18.8. The van der Waals surface area contributed by atoms with E-state index in [0.717, 1.165) is 22.3 Å². The predicted molar refractivity (Wildman–Crippen MR) is 103 cm³/mol. The quantitative estimate of drug-likeness (QED) is 0.681. The zero-order valence-corrected chi connectivity index (χ0v) is 16.5. The average Bonchev–Trinajstić information content (AvgIpc) is 3.01. The number of carbonyl (C=O) groups is 1. The minimum Gasteiger partial charge on any atom is -0.493 e. The summed E-state index contributed by atoms with van der Waals surface area (Å²) in [4.78, 5) is 12.5. The standard InChI is InChI=1S/C15H17BrN4O2S2/c1-3-7-22-11-6-5-9(16)8-10(11)13(21)17-14(23)18-15-20-19-12(4-2)24-15/h5-6,8H,3-4,7H2,1-2H3,(H2,17,18,20,21,23). The summed E-state index contributed by atoms with van der Waals surface area (Å²) in [6, 6.07) is 5.28. The van der Waals surface area contributed by atoms with Crippen LogP contribution in [0.2, 0.25) is 0 Å². The second-order valence-corrected chi connectivity index (χ2v) is 7.14. The van der Waals surface area contributed by atoms with Gasteiger partial charge in [0.25, 0.3) is 5.91 Å². The summed E-state index contributed by atoms with van der Waals surface area (Å²) < 4.78 is 6.40. The van der Waals surface area contributed by atoms with Crippen LogP contribution in [-0.4, -0.2) is 27.8 Å². The van der Waals surface area contributed by atoms with E-state index in [9.17, 15) is 4.79 Å². The highest BCUT2D eigenvalue weighted by Crippen LogP contribution is 2.23. The third-order valence-electron chi connectivity index (χ3n) is 2.86. The molecule has 0 atom stereocenters. The number of hydrogen-bond acceptors (Lipinski definition) is 6. The fourth-order valence-electron chi connectivity index (χ4n) is 1.76. The van der Waals surface area contributed by atoms with Gasteiger partial charge in [-0.2, -0.15) is 0 Å². The topological polar surface area (TPSA) is 76.1 Å². The van der Waals surface area contributed by atoms with Gasteiger partial charge in [0.2, 0.25) is 5.13 Å². The first-order chi connectivity index (χ1) is 11.5. The molecule has 1 amide bonds. The van der Waals surface area contributed by atoms with E-state index in [-0.39, 0.29) is 11.0 Å². The third kappa shape index (κ3) is 5.22. The molecule has 6 nitrogen and oxygen atoms in total. The average molecular weight is 429 g/mol. The lowest BCUT2D eigenvalue weighted by Crippen LogP contribution is -2.34. The predicted octanol–water partition coefficient (Wildman–Crippen LogP) is 3.78. The largest absolute Gasteiger partial charge is 0.493 e. The highest BCUT2D eigenvalue weighted by Gasteiger charge is 2.15. The molecule has 0 radical (unpaired) electrons. The van der Waals surface area contributed by atoms with E-state index < -0.39 is 0 Å². The molecule has 1 heterocycles. The second kappa shape index (κ2) is 9.05. The van der Waals surface area contributed by atoms with Crippen molar-refractivity contribution >= 4 is 55.6 Å². The number of ether oxygens (including phenoxy) is 1. The van der Waals surface area contributed by atoms with Crippen molar-refractivity contribution in [2.24, 2.45) is 0 Å². The summed E-state index contributed by atoms with van der Waals surface area (Å²) in [5.41, 5.74) is 0.411. The molecule has 0 spiro atoms. The maximum Gasteiger partial charge on any atom is 0.261 e. The van der Waals surface area contributed by atoms with Gasteiger partial charge in [0.1, 0.15) is 10.8 Å². The molecule has 2 N–H and O–H groups in total. The Balaban J connectivity index is 2.05. The van der Waals surface area contributed by atoms with Crippen LogP contribution in [0.1, 0.15) is 35.6 Å². The lowest BCUT2D eigenvalue weighted by atomic mass is 10.2. The van der Waals surface area contributed by atoms with E-state index in [0.29, 0.717) is 23.1 Å². The Morgan fingerprint density at radius 1 is 1.38 bits per heavy atom. The molecule has 9 heteroatoms. The molecule has 0 saturated heterocycles. The highest BCUT2D eigenvalue weighted by molar-refractivity contribution is 9.10. The van der Waals surface area contributed by atoms with Crippen molar-refractivity contribution < 1.29 is 9.53 Å². The molecule has 128 valence electrons. The Bertz CT molecular complexity index is 736. The SMILES string of the molecule is CCCOc1ccc(Br)cc1C(=O)NC(=S)Nc1nnc(CC)s1. The van der Waals surface area contributed by atoms with Crippen LogP contribution in [0.25, 0.3) is 0 Å². The van der Waals surface area contributed by atoms with E-state index in [1.54, 1.807) is 12.1 Å². The van der Waals surface area contributed by atoms with E-state index in [1.807, 2.05) is 19.9 Å². The molecule has 0 bridgehead atoms. The van der Waals surface area contributed by atoms with Gasteiger partial charge in [-0.1, -0.05) is 41.1 Å². The number of benzene rings is 1. The fraction of sp³-hybridized carbons (Fsp3) is 0.333. The van der Waals surface area contributed by atoms with Gasteiger partial charge >= 0.3 is 0 Å². The van der Waals surface area contributed by atoms with Gasteiger partial charge in [0.05, 0.1) is 12.2 Å². The highest BCUT2D eigenvalue weighted by atomic mass is 79.9. The molecule has 2 aromatic rings. The zero-order valence-electron chi connectivity index (χ0n) is 13.3. The van der Waals surface area contributed by atoms with Crippen LogP contribution in [0.15, 0.2) is 22.7 Å². The van der Waals surface area contributed by atoms with Crippen molar-refractivity contribution in [1.82, 2.24) is 15.5 Å². The first-order valence-electron chi connectivity index (χ1n) is 7.40. The van der Waals surface area contributed by atoms with Gasteiger partial charge in [0, 0.05) is 4.47 Å². The minimum absolute atomic E-state index is 0.167. The zero-order chi connectivity index (χ0) is 17.5. The Morgan fingerprint density at radius 3 is 2.83 bits per heavy atom. The lowest BCUT2D eigenvalue weighted by molar-refractivity contribution is 0.0973. The number of hydrogen-bond donors (Lipinski definition) is 2. The molecule has 0 aliphatic heterocycles. The van der Waals surface area contributed by atoms with Crippen LogP contribution in [0.4, 0.5) is 5.13 Å². The third-order valence-corrected chi connectivity index (χ3v) is 4.55. The molecule has 2 rings (SSSR count). The van der Waals surface area contributed by atoms with E-state index in [1.165, 1.54) is 11.3 Å². The molecule has 1 aromatic heterocycles. The Kier molecular flexibility index (Phi) is 7.07. The second-order valence-electron chi connectivity index (χ2n) is 4.75. The molecular weight excluding hydrogens is 412 g/mol. The molecule has 0 aliphatic carbocycles. The molecule has 0 saturated carbocycles. The molecule has 1 aromatic carbocycles. The molecule has 0 aliphatic rings. The van der Waals surface area contributed by atoms with Crippen molar-refractivity contribution in [3.05, 3.63) is 33.2 Å². The van der Waals surface area contributed by atoms with E-state index in [4.69, 9.17) is 17.0 Å². The molecular formula is C15H17BrN4O2S2. The normalized spacial score (nSPS) is 10.3. The van der Waals surface area contributed by atoms with Crippen molar-refractivity contribution in [3.63, 3.8) is 0 Å². The number of halogens is 1. The van der Waals surface area contributed by atoms with Crippen LogP contribution >= 0.6 is 39.5 Å². The van der Waals surface area contributed by atoms with Crippen LogP contribution in [0.5, 0.6) is 5.75 Å². The number of rotatable bonds is 6. The first-order valence-corrected chi connectivity index (χ1v) is 9.42. The maximum atomic E-state index is 12.5. The summed E-state index contributed by atoms with van der Waals surface area (Å²) >= 11 is 9.92. The van der Waals surface area contributed by atoms with Gasteiger partial charge in [0.15, 0.2) is 5.11 Å². The van der Waals surface area contributed by atoms with Crippen LogP contribution in [0.3, 0.4) is 0 Å². The van der Waals surface area contributed by atoms with Gasteiger partial charge in [-0.15, -0.1) is 10.2 Å². The van der Waals surface area contributed by atoms with Crippen LogP contribution in [0, 0.1) is 0 Å². The number of thiocarbonyl (C=S) groups is 1. The molecule has 0 fully saturated rings. The van der Waals surface area contributed by atoms with Gasteiger partial charge in [-0.3, -0.25) is 10.1 Å². The lowest BCUT2D eigenvalue weighted by Gasteiger charge is -2.12. The summed E-state index contributed by atoms with van der Waals surface area (Å²) in [7, 11) is 0. The number of amides is 1. The number of aryl methyl sites for hydroxylation is 1. The molecule has 0 unspecified atom stereocenters. The number of nitrogens with one attached hydrogen (secondary N) is 2. The Labute approximate surface area is 158 Å². The Hall–Kier alpha value is -1.58. The monoisotopic (exact) mass is 428 g/mol. The van der Waals surface area contributed by atoms with E-state index in [2.05, 4.69) is 36.8 Å². The number of nitrogens with zero attached hydrogens (tertiary/aromatic N) is 2. The maximum absolute atomic E-state index is 12.5. The minimum atomic E-state index is -0.347. The smallest absolute Gasteiger partial charge is 0.261 e. The van der Waals surface area contributed by atoms with E-state index >= 15 is 0 Å². The van der Waals surface area contributed by atoms with Crippen molar-refractivity contribution in [2.45, 2.75) is 26.7 Å². The van der Waals surface area contributed by atoms with Crippen LogP contribution < -0.4 is 15.4 Å². The molecule has 24 heavy (non-hydrogen) atoms. The summed E-state index contributed by atoms with van der Waals surface area (Å²) in [5.74, 6) is 0.171. The van der Waals surface area contributed by atoms with Crippen molar-refractivity contribution in [1.29, 1.82) is 0 Å². The van der Waals surface area contributed by atoms with Crippen LogP contribution in [-0.2, 0) is 6.42 Å². The van der Waals surface area contributed by atoms with Crippen molar-refractivity contribution in [2.75, 3.05) is 11.9 Å².